The van der Waals surface area contributed by atoms with Gasteiger partial charge in [-0.1, -0.05) is 18.2 Å². The molecule has 0 saturated carbocycles. The second-order valence-corrected chi connectivity index (χ2v) is 6.33. The van der Waals surface area contributed by atoms with E-state index in [1.807, 2.05) is 36.5 Å². The number of hydrogen-bond donors (Lipinski definition) is 1. The van der Waals surface area contributed by atoms with Gasteiger partial charge in [0.05, 0.1) is 19.4 Å². The van der Waals surface area contributed by atoms with E-state index in [0.29, 0.717) is 18.0 Å². The normalized spacial score (nSPS) is 14.6. The van der Waals surface area contributed by atoms with Crippen LogP contribution < -0.4 is 15.0 Å². The van der Waals surface area contributed by atoms with Gasteiger partial charge < -0.3 is 14.4 Å². The minimum atomic E-state index is -0.459. The van der Waals surface area contributed by atoms with E-state index in [4.69, 9.17) is 9.47 Å². The summed E-state index contributed by atoms with van der Waals surface area (Å²) in [4.78, 5) is 21.0. The number of para-hydroxylation sites is 2. The largest absolute Gasteiger partial charge is 0.495 e. The monoisotopic (exact) mass is 370 g/mol. The second kappa shape index (κ2) is 9.78. The first-order valence-corrected chi connectivity index (χ1v) is 9.21. The van der Waals surface area contributed by atoms with Crippen LogP contribution in [0.15, 0.2) is 48.7 Å². The fourth-order valence-corrected chi connectivity index (χ4v) is 3.09. The Morgan fingerprint density at radius 1 is 1.11 bits per heavy atom. The maximum Gasteiger partial charge on any atom is 0.411 e. The van der Waals surface area contributed by atoms with Crippen molar-refractivity contribution >= 4 is 17.6 Å². The standard InChI is InChI=1S/C20H26N4O3/c1-26-18-8-3-2-7-17(18)22-20(25)27-16-6-11-23-12-14-24(15-13-23)19-9-4-5-10-21-19/h2-5,7-10H,6,11-16H2,1H3,(H,22,25). The van der Waals surface area contributed by atoms with Gasteiger partial charge in [-0.3, -0.25) is 10.2 Å². The first-order chi connectivity index (χ1) is 13.3. The number of carbonyl (C=O) groups is 1. The first-order valence-electron chi connectivity index (χ1n) is 9.21. The summed E-state index contributed by atoms with van der Waals surface area (Å²) in [5.74, 6) is 1.65. The fraction of sp³-hybridized carbons (Fsp3) is 0.400. The van der Waals surface area contributed by atoms with E-state index in [2.05, 4.69) is 20.1 Å². The Labute approximate surface area is 159 Å². The maximum absolute atomic E-state index is 11.9. The second-order valence-electron chi connectivity index (χ2n) is 6.33. The van der Waals surface area contributed by atoms with Crippen molar-refractivity contribution in [1.29, 1.82) is 0 Å². The van der Waals surface area contributed by atoms with Crippen LogP contribution >= 0.6 is 0 Å². The highest BCUT2D eigenvalue weighted by Gasteiger charge is 2.17. The number of aromatic nitrogens is 1. The van der Waals surface area contributed by atoms with Crippen molar-refractivity contribution in [3.63, 3.8) is 0 Å². The third-order valence-corrected chi connectivity index (χ3v) is 4.54. The quantitative estimate of drug-likeness (QED) is 0.756. The fourth-order valence-electron chi connectivity index (χ4n) is 3.09. The molecule has 2 heterocycles. The Kier molecular flexibility index (Phi) is 6.87. The Bertz CT molecular complexity index is 718. The summed E-state index contributed by atoms with van der Waals surface area (Å²) in [7, 11) is 1.57. The molecule has 144 valence electrons. The molecule has 7 heteroatoms. The van der Waals surface area contributed by atoms with E-state index in [1.165, 1.54) is 0 Å². The topological polar surface area (TPSA) is 66.9 Å². The predicted octanol–water partition coefficient (Wildman–Crippen LogP) is 2.85. The summed E-state index contributed by atoms with van der Waals surface area (Å²) in [5.41, 5.74) is 0.607. The van der Waals surface area contributed by atoms with Crippen molar-refractivity contribution in [3.8, 4) is 5.75 Å². The number of hydrogen-bond acceptors (Lipinski definition) is 6. The lowest BCUT2D eigenvalue weighted by atomic mass is 10.3. The molecule has 1 N–H and O–H groups in total. The smallest absolute Gasteiger partial charge is 0.411 e. The van der Waals surface area contributed by atoms with Crippen LogP contribution in [0.1, 0.15) is 6.42 Å². The van der Waals surface area contributed by atoms with Crippen LogP contribution in [0, 0.1) is 0 Å². The molecule has 7 nitrogen and oxygen atoms in total. The number of nitrogens with one attached hydrogen (secondary N) is 1. The summed E-state index contributed by atoms with van der Waals surface area (Å²) in [5, 5.41) is 2.71. The number of benzene rings is 1. The summed E-state index contributed by atoms with van der Waals surface area (Å²) < 4.78 is 10.5. The highest BCUT2D eigenvalue weighted by Crippen LogP contribution is 2.23. The summed E-state index contributed by atoms with van der Waals surface area (Å²) in [6, 6.07) is 13.3. The van der Waals surface area contributed by atoms with Gasteiger partial charge in [0, 0.05) is 38.9 Å². The van der Waals surface area contributed by atoms with Crippen LogP contribution in [-0.4, -0.2) is 62.4 Å². The van der Waals surface area contributed by atoms with Gasteiger partial charge in [-0.05, 0) is 30.7 Å². The molecule has 27 heavy (non-hydrogen) atoms. The average Bonchev–Trinajstić information content (AvgIpc) is 2.73. The van der Waals surface area contributed by atoms with Gasteiger partial charge in [0.2, 0.25) is 0 Å². The Morgan fingerprint density at radius 3 is 2.63 bits per heavy atom. The van der Waals surface area contributed by atoms with Crippen molar-refractivity contribution in [2.45, 2.75) is 6.42 Å². The molecule has 3 rings (SSSR count). The van der Waals surface area contributed by atoms with Crippen molar-refractivity contribution in [2.24, 2.45) is 0 Å². The molecule has 1 fully saturated rings. The molecule has 0 unspecified atom stereocenters. The van der Waals surface area contributed by atoms with Crippen LogP contribution in [0.4, 0.5) is 16.3 Å². The lowest BCUT2D eigenvalue weighted by molar-refractivity contribution is 0.151. The molecular weight excluding hydrogens is 344 g/mol. The third-order valence-electron chi connectivity index (χ3n) is 4.54. The summed E-state index contributed by atoms with van der Waals surface area (Å²) in [6.07, 6.45) is 2.18. The van der Waals surface area contributed by atoms with E-state index < -0.39 is 6.09 Å². The van der Waals surface area contributed by atoms with Gasteiger partial charge >= 0.3 is 6.09 Å². The zero-order chi connectivity index (χ0) is 18.9. The zero-order valence-corrected chi connectivity index (χ0v) is 15.6. The Morgan fingerprint density at radius 2 is 1.89 bits per heavy atom. The number of amides is 1. The molecule has 1 aliphatic rings. The molecule has 1 saturated heterocycles. The lowest BCUT2D eigenvalue weighted by Gasteiger charge is -2.35. The molecule has 0 radical (unpaired) electrons. The number of rotatable bonds is 7. The van der Waals surface area contributed by atoms with Crippen LogP contribution in [0.2, 0.25) is 0 Å². The molecular formula is C20H26N4O3. The van der Waals surface area contributed by atoms with Crippen LogP contribution in [0.25, 0.3) is 0 Å². The number of pyridine rings is 1. The molecule has 0 aliphatic carbocycles. The highest BCUT2D eigenvalue weighted by molar-refractivity contribution is 5.86. The molecule has 1 amide bonds. The van der Waals surface area contributed by atoms with E-state index >= 15 is 0 Å². The number of ether oxygens (including phenoxy) is 2. The van der Waals surface area contributed by atoms with Crippen LogP contribution in [-0.2, 0) is 4.74 Å². The molecule has 1 aromatic carbocycles. The van der Waals surface area contributed by atoms with Crippen LogP contribution in [0.5, 0.6) is 5.75 Å². The van der Waals surface area contributed by atoms with Gasteiger partial charge in [0.1, 0.15) is 11.6 Å². The molecule has 1 aliphatic heterocycles. The number of anilines is 2. The Hall–Kier alpha value is -2.80. The molecule has 0 bridgehead atoms. The third kappa shape index (κ3) is 5.59. The summed E-state index contributed by atoms with van der Waals surface area (Å²) >= 11 is 0. The van der Waals surface area contributed by atoms with Crippen LogP contribution in [0.3, 0.4) is 0 Å². The number of carbonyl (C=O) groups excluding carboxylic acids is 1. The van der Waals surface area contributed by atoms with Gasteiger partial charge in [0.25, 0.3) is 0 Å². The van der Waals surface area contributed by atoms with Gasteiger partial charge in [-0.15, -0.1) is 0 Å². The van der Waals surface area contributed by atoms with Crippen molar-refractivity contribution < 1.29 is 14.3 Å². The minimum Gasteiger partial charge on any atom is -0.495 e. The van der Waals surface area contributed by atoms with Gasteiger partial charge in [-0.2, -0.15) is 0 Å². The number of nitrogens with zero attached hydrogens (tertiary/aromatic N) is 3. The summed E-state index contributed by atoms with van der Waals surface area (Å²) in [6.45, 7) is 5.21. The van der Waals surface area contributed by atoms with E-state index in [9.17, 15) is 4.79 Å². The SMILES string of the molecule is COc1ccccc1NC(=O)OCCCN1CCN(c2ccccn2)CC1. The van der Waals surface area contributed by atoms with Gasteiger partial charge in [0.15, 0.2) is 0 Å². The Balaban J connectivity index is 1.32. The van der Waals surface area contributed by atoms with Crippen molar-refractivity contribution in [3.05, 3.63) is 48.7 Å². The zero-order valence-electron chi connectivity index (χ0n) is 15.6. The average molecular weight is 370 g/mol. The highest BCUT2D eigenvalue weighted by atomic mass is 16.5. The van der Waals surface area contributed by atoms with Crippen molar-refractivity contribution in [2.75, 3.05) is 56.7 Å². The maximum atomic E-state index is 11.9. The van der Waals surface area contributed by atoms with E-state index in [0.717, 1.165) is 45.0 Å². The molecule has 2 aromatic rings. The van der Waals surface area contributed by atoms with E-state index in [-0.39, 0.29) is 0 Å². The number of methoxy groups -OCH3 is 1. The lowest BCUT2D eigenvalue weighted by Crippen LogP contribution is -2.47. The van der Waals surface area contributed by atoms with E-state index in [1.54, 1.807) is 19.2 Å². The minimum absolute atomic E-state index is 0.390. The number of piperazine rings is 1. The van der Waals surface area contributed by atoms with Crippen molar-refractivity contribution in [1.82, 2.24) is 9.88 Å². The predicted molar refractivity (Wildman–Crippen MR) is 105 cm³/mol. The van der Waals surface area contributed by atoms with Gasteiger partial charge in [-0.25, -0.2) is 9.78 Å². The molecule has 0 atom stereocenters. The molecule has 0 spiro atoms. The first kappa shape index (κ1) is 19.0. The molecule has 1 aromatic heterocycles.